The van der Waals surface area contributed by atoms with Crippen molar-refractivity contribution in [3.8, 4) is 0 Å². The first-order chi connectivity index (χ1) is 50.2. The summed E-state index contributed by atoms with van der Waals surface area (Å²) >= 11 is 0. The highest BCUT2D eigenvalue weighted by Gasteiger charge is 2.31. The Hall–Kier alpha value is -1.94. The van der Waals surface area contributed by atoms with Gasteiger partial charge in [0.15, 0.2) is 12.2 Å². The van der Waals surface area contributed by atoms with Gasteiger partial charge in [0.05, 0.1) is 26.4 Å². The van der Waals surface area contributed by atoms with Gasteiger partial charge >= 0.3 is 39.5 Å². The van der Waals surface area contributed by atoms with Crippen LogP contribution in [0.4, 0.5) is 0 Å². The van der Waals surface area contributed by atoms with Crippen LogP contribution in [-0.4, -0.2) is 96.7 Å². The van der Waals surface area contributed by atoms with Gasteiger partial charge in [0.25, 0.3) is 0 Å². The molecule has 0 aliphatic carbocycles. The Balaban J connectivity index is 5.24. The Kier molecular flexibility index (Phi) is 72.5. The lowest BCUT2D eigenvalue weighted by Crippen LogP contribution is -2.30. The summed E-state index contributed by atoms with van der Waals surface area (Å²) in [6.07, 6.45) is 62.4. The second kappa shape index (κ2) is 73.8. The van der Waals surface area contributed by atoms with E-state index >= 15 is 0 Å². The predicted molar refractivity (Wildman–Crippen MR) is 428 cm³/mol. The fourth-order valence-corrected chi connectivity index (χ4v) is 14.6. The van der Waals surface area contributed by atoms with Crippen LogP contribution >= 0.6 is 15.6 Å². The lowest BCUT2D eigenvalue weighted by molar-refractivity contribution is -0.161. The number of unbranched alkanes of at least 4 members (excludes halogenated alkanes) is 44. The second-order valence-electron chi connectivity index (χ2n) is 31.5. The van der Waals surface area contributed by atoms with Gasteiger partial charge < -0.3 is 33.8 Å². The molecule has 0 spiro atoms. The molecule has 9 atom stereocenters. The van der Waals surface area contributed by atoms with Crippen molar-refractivity contribution in [1.29, 1.82) is 0 Å². The number of rotatable bonds is 82. The Morgan fingerprint density at radius 2 is 0.433 bits per heavy atom. The van der Waals surface area contributed by atoms with Crippen LogP contribution in [0.3, 0.4) is 0 Å². The van der Waals surface area contributed by atoms with E-state index in [1.165, 1.54) is 238 Å². The molecular formula is C85H166O17P2. The van der Waals surface area contributed by atoms with Crippen molar-refractivity contribution in [3.05, 3.63) is 0 Å². The molecular weight excluding hydrogens is 1350 g/mol. The van der Waals surface area contributed by atoms with Crippen LogP contribution in [0.2, 0.25) is 0 Å². The van der Waals surface area contributed by atoms with Crippen molar-refractivity contribution in [2.45, 2.75) is 459 Å². The lowest BCUT2D eigenvalue weighted by Gasteiger charge is -2.21. The third-order valence-corrected chi connectivity index (χ3v) is 23.2. The zero-order valence-electron chi connectivity index (χ0n) is 68.7. The molecule has 3 N–H and O–H groups in total. The van der Waals surface area contributed by atoms with Gasteiger partial charge in [-0.25, -0.2) is 9.13 Å². The second-order valence-corrected chi connectivity index (χ2v) is 34.4. The summed E-state index contributed by atoms with van der Waals surface area (Å²) in [4.78, 5) is 73.2. The molecule has 0 saturated carbocycles. The van der Waals surface area contributed by atoms with Gasteiger partial charge in [-0.1, -0.05) is 389 Å². The van der Waals surface area contributed by atoms with Crippen LogP contribution in [0.5, 0.6) is 0 Å². The highest BCUT2D eigenvalue weighted by atomic mass is 31.2. The minimum Gasteiger partial charge on any atom is -0.462 e. The molecule has 104 heavy (non-hydrogen) atoms. The minimum absolute atomic E-state index is 0.105. The van der Waals surface area contributed by atoms with E-state index in [1.807, 2.05) is 0 Å². The minimum atomic E-state index is -4.97. The fourth-order valence-electron chi connectivity index (χ4n) is 13.0. The molecule has 0 aliphatic rings. The van der Waals surface area contributed by atoms with E-state index in [2.05, 4.69) is 55.4 Å². The van der Waals surface area contributed by atoms with Gasteiger partial charge in [-0.05, 0) is 49.4 Å². The number of carbonyl (C=O) groups excluding carboxylic acids is 4. The van der Waals surface area contributed by atoms with E-state index in [1.54, 1.807) is 0 Å². The lowest BCUT2D eigenvalue weighted by atomic mass is 9.99. The smallest absolute Gasteiger partial charge is 0.462 e. The normalized spacial score (nSPS) is 15.0. The molecule has 0 aromatic heterocycles. The zero-order valence-corrected chi connectivity index (χ0v) is 70.5. The predicted octanol–water partition coefficient (Wildman–Crippen LogP) is 25.6. The number of esters is 4. The maximum absolute atomic E-state index is 13.1. The van der Waals surface area contributed by atoms with Crippen LogP contribution < -0.4 is 0 Å². The van der Waals surface area contributed by atoms with Gasteiger partial charge in [0.1, 0.15) is 19.3 Å². The maximum atomic E-state index is 13.1. The summed E-state index contributed by atoms with van der Waals surface area (Å²) in [7, 11) is -9.93. The average molecular weight is 1520 g/mol. The average Bonchev–Trinajstić information content (AvgIpc) is 0.908. The third-order valence-electron chi connectivity index (χ3n) is 21.3. The molecule has 0 aliphatic heterocycles. The number of phosphoric ester groups is 2. The highest BCUT2D eigenvalue weighted by Crippen LogP contribution is 2.45. The van der Waals surface area contributed by atoms with Crippen molar-refractivity contribution in [1.82, 2.24) is 0 Å². The molecule has 0 saturated heterocycles. The standard InChI is InChI=1S/C85H166O17P2/c1-9-75(5)61-53-45-37-31-25-21-17-15-13-14-16-18-24-28-35-41-51-59-67-84(89)101-80(71-95-82(87)65-57-49-40-34-27-23-20-19-22-26-32-38-46-54-62-76(6)10-2)73-99-103(91,92)97-69-79(86)70-98-104(93,94)100-74-81(72-96-83(88)66-58-50-44-43-48-56-64-78(8)12-4)102-85(90)68-60-52-42-36-30-29-33-39-47-55-63-77(7)11-3/h75-81,86H,9-74H2,1-8H3,(H,91,92)(H,93,94)/t75?,76?,77?,78?,79-,80-,81-/m1/s1. The number of hydrogen-bond acceptors (Lipinski definition) is 15. The van der Waals surface area contributed by atoms with Gasteiger partial charge in [-0.3, -0.25) is 37.3 Å². The number of phosphoric acid groups is 2. The number of hydrogen-bond donors (Lipinski definition) is 3. The number of ether oxygens (including phenoxy) is 4. The molecule has 0 radical (unpaired) electrons. The number of aliphatic hydroxyl groups excluding tert-OH is 1. The Morgan fingerprint density at radius 1 is 0.260 bits per heavy atom. The largest absolute Gasteiger partial charge is 0.472 e. The molecule has 17 nitrogen and oxygen atoms in total. The third kappa shape index (κ3) is 72.9. The van der Waals surface area contributed by atoms with Crippen LogP contribution in [0.25, 0.3) is 0 Å². The summed E-state index contributed by atoms with van der Waals surface area (Å²) in [6.45, 7) is 14.4. The van der Waals surface area contributed by atoms with Crippen LogP contribution in [0.15, 0.2) is 0 Å². The fraction of sp³-hybridized carbons (Fsp3) is 0.953. The molecule has 19 heteroatoms. The van der Waals surface area contributed by atoms with Gasteiger partial charge in [0, 0.05) is 25.7 Å². The van der Waals surface area contributed by atoms with Crippen LogP contribution in [0, 0.1) is 23.7 Å². The number of carbonyl (C=O) groups is 4. The van der Waals surface area contributed by atoms with Crippen LogP contribution in [0.1, 0.15) is 441 Å². The van der Waals surface area contributed by atoms with Crippen molar-refractivity contribution >= 4 is 39.5 Å². The van der Waals surface area contributed by atoms with Crippen molar-refractivity contribution in [3.63, 3.8) is 0 Å². The quantitative estimate of drug-likeness (QED) is 0.0222. The molecule has 0 rings (SSSR count). The molecule has 0 aromatic carbocycles. The van der Waals surface area contributed by atoms with Gasteiger partial charge in [-0.2, -0.15) is 0 Å². The molecule has 0 bridgehead atoms. The Morgan fingerprint density at radius 3 is 0.635 bits per heavy atom. The first-order valence-electron chi connectivity index (χ1n) is 43.9. The first kappa shape index (κ1) is 102. The van der Waals surface area contributed by atoms with E-state index in [-0.39, 0.29) is 25.7 Å². The zero-order chi connectivity index (χ0) is 76.7. The molecule has 0 aromatic rings. The SMILES string of the molecule is CCC(C)CCCCCCCCCCCCCCCCCCCCC(=O)O[C@H](COC(=O)CCCCCCCCCCCCCCCCC(C)CC)COP(=O)(O)OC[C@@H](O)COP(=O)(O)OC[C@@H](COC(=O)CCCCCCCCC(C)CC)OC(=O)CCCCCCCCCCCCC(C)CC. The summed E-state index contributed by atoms with van der Waals surface area (Å²) < 4.78 is 68.8. The molecule has 618 valence electrons. The number of aliphatic hydroxyl groups is 1. The molecule has 0 heterocycles. The Labute approximate surface area is 638 Å². The first-order valence-corrected chi connectivity index (χ1v) is 46.8. The van der Waals surface area contributed by atoms with Crippen molar-refractivity contribution < 1.29 is 80.2 Å². The summed E-state index contributed by atoms with van der Waals surface area (Å²) in [5.74, 6) is 1.14. The van der Waals surface area contributed by atoms with E-state index < -0.39 is 97.5 Å². The molecule has 0 amide bonds. The monoisotopic (exact) mass is 1520 g/mol. The summed E-state index contributed by atoms with van der Waals surface area (Å²) in [5.41, 5.74) is 0. The summed E-state index contributed by atoms with van der Waals surface area (Å²) in [6, 6.07) is 0. The topological polar surface area (TPSA) is 237 Å². The van der Waals surface area contributed by atoms with Gasteiger partial charge in [-0.15, -0.1) is 0 Å². The van der Waals surface area contributed by atoms with E-state index in [4.69, 9.17) is 37.0 Å². The molecule has 6 unspecified atom stereocenters. The highest BCUT2D eigenvalue weighted by molar-refractivity contribution is 7.47. The van der Waals surface area contributed by atoms with Crippen molar-refractivity contribution in [2.24, 2.45) is 23.7 Å². The van der Waals surface area contributed by atoms with Crippen LogP contribution in [-0.2, 0) is 65.4 Å². The van der Waals surface area contributed by atoms with Crippen molar-refractivity contribution in [2.75, 3.05) is 39.6 Å². The van der Waals surface area contributed by atoms with Gasteiger partial charge in [0.2, 0.25) is 0 Å². The summed E-state index contributed by atoms with van der Waals surface area (Å²) in [5, 5.41) is 10.7. The van der Waals surface area contributed by atoms with E-state index in [9.17, 15) is 43.2 Å². The molecule has 0 fully saturated rings. The van der Waals surface area contributed by atoms with E-state index in [0.29, 0.717) is 25.7 Å². The Bertz CT molecular complexity index is 2030. The van der Waals surface area contributed by atoms with E-state index in [0.717, 1.165) is 120 Å². The maximum Gasteiger partial charge on any atom is 0.472 e.